The number of methoxy groups -OCH3 is 2. The molecule has 6 heteroatoms. The van der Waals surface area contributed by atoms with Crippen LogP contribution < -0.4 is 9.47 Å². The molecule has 0 spiro atoms. The summed E-state index contributed by atoms with van der Waals surface area (Å²) < 4.78 is 33.8. The maximum Gasteiger partial charge on any atom is 0.169 e. The number of fused-ring (bicyclic) bond motifs is 3. The number of hydrogen-bond donors (Lipinski definition) is 0. The summed E-state index contributed by atoms with van der Waals surface area (Å²) in [6.45, 7) is 0.323. The van der Waals surface area contributed by atoms with Crippen molar-refractivity contribution in [3.8, 4) is 17.2 Å². The summed E-state index contributed by atoms with van der Waals surface area (Å²) in [5.74, 6) is 0.333. The quantitative estimate of drug-likeness (QED) is 0.654. The highest BCUT2D eigenvalue weighted by molar-refractivity contribution is 6.30. The Morgan fingerprint density at radius 1 is 1.15 bits per heavy atom. The molecule has 26 heavy (non-hydrogen) atoms. The maximum atomic E-state index is 14.9. The number of benzene rings is 2. The smallest absolute Gasteiger partial charge is 0.169 e. The molecule has 3 aromatic rings. The molecule has 4 rings (SSSR count). The van der Waals surface area contributed by atoms with E-state index in [0.717, 1.165) is 16.9 Å². The maximum absolute atomic E-state index is 14.9. The lowest BCUT2D eigenvalue weighted by atomic mass is 9.97. The number of aromatic nitrogens is 1. The molecule has 1 aliphatic heterocycles. The number of rotatable bonds is 3. The minimum absolute atomic E-state index is 0.293. The van der Waals surface area contributed by atoms with Crippen molar-refractivity contribution in [2.24, 2.45) is 0 Å². The molecule has 1 unspecified atom stereocenters. The first kappa shape index (κ1) is 16.9. The van der Waals surface area contributed by atoms with Gasteiger partial charge in [0.25, 0.3) is 0 Å². The molecule has 0 radical (unpaired) electrons. The molecule has 1 aromatic heterocycles. The molecule has 2 heterocycles. The second-order valence-electron chi connectivity index (χ2n) is 5.96. The van der Waals surface area contributed by atoms with Crippen LogP contribution in [-0.4, -0.2) is 18.8 Å². The van der Waals surface area contributed by atoms with Crippen molar-refractivity contribution in [3.63, 3.8) is 0 Å². The Morgan fingerprint density at radius 3 is 2.77 bits per heavy atom. The van der Waals surface area contributed by atoms with Gasteiger partial charge in [-0.25, -0.2) is 4.39 Å². The van der Waals surface area contributed by atoms with E-state index in [1.54, 1.807) is 6.07 Å². The molecular formula is C20H17ClFNO3. The zero-order chi connectivity index (χ0) is 18.3. The van der Waals surface area contributed by atoms with E-state index < -0.39 is 11.9 Å². The largest absolute Gasteiger partial charge is 0.493 e. The molecule has 0 bridgehead atoms. The van der Waals surface area contributed by atoms with Crippen LogP contribution in [0.2, 0.25) is 5.02 Å². The third kappa shape index (κ3) is 2.64. The molecular weight excluding hydrogens is 357 g/mol. The summed E-state index contributed by atoms with van der Waals surface area (Å²) >= 11 is 6.24. The highest BCUT2D eigenvalue weighted by atomic mass is 35.5. The van der Waals surface area contributed by atoms with Gasteiger partial charge in [-0.2, -0.15) is 0 Å². The van der Waals surface area contributed by atoms with Gasteiger partial charge in [0.05, 0.1) is 32.1 Å². The molecule has 0 fully saturated rings. The van der Waals surface area contributed by atoms with Gasteiger partial charge in [-0.3, -0.25) is 0 Å². The van der Waals surface area contributed by atoms with Crippen molar-refractivity contribution in [1.29, 1.82) is 0 Å². The van der Waals surface area contributed by atoms with Crippen LogP contribution in [0.1, 0.15) is 22.9 Å². The van der Waals surface area contributed by atoms with Gasteiger partial charge >= 0.3 is 0 Å². The molecule has 1 atom stereocenters. The molecule has 0 aliphatic carbocycles. The van der Waals surface area contributed by atoms with Crippen molar-refractivity contribution >= 4 is 11.6 Å². The van der Waals surface area contributed by atoms with E-state index in [2.05, 4.69) is 0 Å². The van der Waals surface area contributed by atoms with Crippen LogP contribution in [0.25, 0.3) is 5.69 Å². The second kappa shape index (κ2) is 6.67. The summed E-state index contributed by atoms with van der Waals surface area (Å²) in [7, 11) is 3.00. The fourth-order valence-corrected chi connectivity index (χ4v) is 3.57. The zero-order valence-electron chi connectivity index (χ0n) is 14.3. The van der Waals surface area contributed by atoms with Crippen LogP contribution in [0.15, 0.2) is 48.7 Å². The summed E-state index contributed by atoms with van der Waals surface area (Å²) in [5, 5.41) is 0.551. The molecule has 4 nitrogen and oxygen atoms in total. The van der Waals surface area contributed by atoms with Gasteiger partial charge in [0.2, 0.25) is 0 Å². The van der Waals surface area contributed by atoms with Crippen LogP contribution in [0.5, 0.6) is 11.5 Å². The number of nitrogens with zero attached hydrogens (tertiary/aromatic N) is 1. The number of ether oxygens (including phenoxy) is 3. The Hall–Kier alpha value is -2.50. The average Bonchev–Trinajstić information content (AvgIpc) is 3.05. The van der Waals surface area contributed by atoms with E-state index in [9.17, 15) is 4.39 Å². The van der Waals surface area contributed by atoms with Gasteiger partial charge in [0.1, 0.15) is 11.9 Å². The van der Waals surface area contributed by atoms with Crippen LogP contribution in [0.3, 0.4) is 0 Å². The van der Waals surface area contributed by atoms with Crippen molar-refractivity contribution < 1.29 is 18.6 Å². The fourth-order valence-electron chi connectivity index (χ4n) is 3.39. The highest BCUT2D eigenvalue weighted by Gasteiger charge is 2.30. The van der Waals surface area contributed by atoms with E-state index in [0.29, 0.717) is 28.7 Å². The molecule has 0 N–H and O–H groups in total. The minimum atomic E-state index is -0.686. The lowest BCUT2D eigenvalue weighted by Crippen LogP contribution is -2.11. The van der Waals surface area contributed by atoms with Crippen molar-refractivity contribution in [2.75, 3.05) is 14.2 Å². The topological polar surface area (TPSA) is 32.6 Å². The fraction of sp³-hybridized carbons (Fsp3) is 0.200. The van der Waals surface area contributed by atoms with Crippen LogP contribution in [0.4, 0.5) is 4.39 Å². The summed E-state index contributed by atoms with van der Waals surface area (Å²) in [5.41, 5.74) is 2.92. The van der Waals surface area contributed by atoms with Crippen molar-refractivity contribution in [1.82, 2.24) is 4.57 Å². The van der Waals surface area contributed by atoms with Gasteiger partial charge in [0.15, 0.2) is 11.5 Å². The van der Waals surface area contributed by atoms with Gasteiger partial charge in [-0.1, -0.05) is 11.6 Å². The Labute approximate surface area is 155 Å². The molecule has 134 valence electrons. The Balaban J connectivity index is 1.97. The Kier molecular flexibility index (Phi) is 4.34. The Bertz CT molecular complexity index is 970. The van der Waals surface area contributed by atoms with E-state index in [4.69, 9.17) is 25.8 Å². The summed E-state index contributed by atoms with van der Waals surface area (Å²) in [4.78, 5) is 0. The normalized spacial score (nSPS) is 15.8. The third-order valence-corrected chi connectivity index (χ3v) is 4.79. The number of halogens is 2. The standard InChI is InChI=1S/C20H17ClFNO3/c1-24-17-8-6-15(22)18(20(17)25-2)19-14-10-12(21)5-7-16(14)23-9-3-4-13(23)11-26-19/h3-10,19H,11H2,1-2H3. The highest BCUT2D eigenvalue weighted by Crippen LogP contribution is 2.44. The first-order chi connectivity index (χ1) is 12.6. The molecule has 2 aromatic carbocycles. The zero-order valence-corrected chi connectivity index (χ0v) is 15.1. The van der Waals surface area contributed by atoms with Gasteiger partial charge in [-0.05, 0) is 42.5 Å². The molecule has 0 amide bonds. The minimum Gasteiger partial charge on any atom is -0.493 e. The first-order valence-corrected chi connectivity index (χ1v) is 8.50. The van der Waals surface area contributed by atoms with Crippen LogP contribution in [-0.2, 0) is 11.3 Å². The van der Waals surface area contributed by atoms with E-state index in [1.807, 2.05) is 35.0 Å². The third-order valence-electron chi connectivity index (χ3n) is 4.56. The summed E-state index contributed by atoms with van der Waals surface area (Å²) in [6, 6.07) is 12.3. The Morgan fingerprint density at radius 2 is 2.00 bits per heavy atom. The van der Waals surface area contributed by atoms with Crippen molar-refractivity contribution in [3.05, 3.63) is 76.3 Å². The van der Waals surface area contributed by atoms with E-state index in [1.165, 1.54) is 26.4 Å². The molecule has 0 saturated heterocycles. The van der Waals surface area contributed by atoms with Gasteiger partial charge in [-0.15, -0.1) is 0 Å². The molecule has 0 saturated carbocycles. The van der Waals surface area contributed by atoms with Gasteiger partial charge < -0.3 is 18.8 Å². The van der Waals surface area contributed by atoms with Crippen LogP contribution in [0, 0.1) is 5.82 Å². The monoisotopic (exact) mass is 373 g/mol. The van der Waals surface area contributed by atoms with E-state index in [-0.39, 0.29) is 0 Å². The van der Waals surface area contributed by atoms with Gasteiger partial charge in [0, 0.05) is 22.5 Å². The van der Waals surface area contributed by atoms with Crippen LogP contribution >= 0.6 is 11.6 Å². The van der Waals surface area contributed by atoms with Crippen molar-refractivity contribution in [2.45, 2.75) is 12.7 Å². The number of hydrogen-bond acceptors (Lipinski definition) is 3. The molecule has 1 aliphatic rings. The second-order valence-corrected chi connectivity index (χ2v) is 6.40. The lowest BCUT2D eigenvalue weighted by Gasteiger charge is -2.22. The lowest BCUT2D eigenvalue weighted by molar-refractivity contribution is 0.0635. The summed E-state index contributed by atoms with van der Waals surface area (Å²) in [6.07, 6.45) is 1.26. The SMILES string of the molecule is COc1ccc(F)c(C2OCc3cccn3-c3ccc(Cl)cc32)c1OC. The predicted octanol–water partition coefficient (Wildman–Crippen LogP) is 4.91. The average molecular weight is 374 g/mol. The first-order valence-electron chi connectivity index (χ1n) is 8.12. The van der Waals surface area contributed by atoms with E-state index >= 15 is 0 Å². The predicted molar refractivity (Wildman–Crippen MR) is 96.9 cm³/mol.